The molecule has 0 saturated carbocycles. The molecule has 0 N–H and O–H groups in total. The van der Waals surface area contributed by atoms with Crippen molar-refractivity contribution in [3.63, 3.8) is 0 Å². The minimum absolute atomic E-state index is 0.197. The lowest BCUT2D eigenvalue weighted by Crippen LogP contribution is -2.48. The van der Waals surface area contributed by atoms with Crippen molar-refractivity contribution in [2.24, 2.45) is 0 Å². The van der Waals surface area contributed by atoms with Gasteiger partial charge >= 0.3 is 5.69 Å². The first kappa shape index (κ1) is 11.8. The van der Waals surface area contributed by atoms with E-state index in [9.17, 15) is 9.59 Å². The molecule has 1 heterocycles. The molecule has 0 spiro atoms. The Morgan fingerprint density at radius 1 is 1.27 bits per heavy atom. The van der Waals surface area contributed by atoms with Crippen molar-refractivity contribution in [1.82, 2.24) is 9.13 Å². The second-order valence-corrected chi connectivity index (χ2v) is 4.69. The minimum Gasteiger partial charge on any atom is -0.300 e. The minimum atomic E-state index is -0.475. The summed E-state index contributed by atoms with van der Waals surface area (Å²) in [5.74, 6) is 0. The fourth-order valence-corrected chi connectivity index (χ4v) is 1.55. The van der Waals surface area contributed by atoms with Crippen molar-refractivity contribution in [3.8, 4) is 0 Å². The first-order chi connectivity index (χ1) is 6.79. The van der Waals surface area contributed by atoms with Crippen LogP contribution in [0.25, 0.3) is 0 Å². The third-order valence-corrected chi connectivity index (χ3v) is 2.34. The molecule has 0 aliphatic carbocycles. The van der Waals surface area contributed by atoms with Gasteiger partial charge in [-0.2, -0.15) is 0 Å². The molecule has 0 fully saturated rings. The lowest BCUT2D eigenvalue weighted by atomic mass is 10.1. The molecule has 4 heteroatoms. The van der Waals surface area contributed by atoms with Crippen LogP contribution in [0.5, 0.6) is 0 Å². The maximum Gasteiger partial charge on any atom is 0.331 e. The van der Waals surface area contributed by atoms with Crippen molar-refractivity contribution in [2.45, 2.75) is 46.7 Å². The van der Waals surface area contributed by atoms with Gasteiger partial charge < -0.3 is 4.57 Å². The maximum absolute atomic E-state index is 11.9. The zero-order chi connectivity index (χ0) is 11.8. The molecule has 4 nitrogen and oxygen atoms in total. The van der Waals surface area contributed by atoms with Crippen LogP contribution in [-0.4, -0.2) is 9.13 Å². The van der Waals surface area contributed by atoms with Crippen molar-refractivity contribution in [1.29, 1.82) is 0 Å². The Hall–Kier alpha value is -1.32. The van der Waals surface area contributed by atoms with Gasteiger partial charge in [0.2, 0.25) is 0 Å². The summed E-state index contributed by atoms with van der Waals surface area (Å²) in [5, 5.41) is 0. The summed E-state index contributed by atoms with van der Waals surface area (Å²) >= 11 is 0. The highest BCUT2D eigenvalue weighted by atomic mass is 16.2. The van der Waals surface area contributed by atoms with Crippen molar-refractivity contribution in [2.75, 3.05) is 0 Å². The normalized spacial score (nSPS) is 11.8. The van der Waals surface area contributed by atoms with Gasteiger partial charge in [0.1, 0.15) is 0 Å². The highest BCUT2D eigenvalue weighted by Gasteiger charge is 2.19. The summed E-state index contributed by atoms with van der Waals surface area (Å²) < 4.78 is 2.87. The zero-order valence-electron chi connectivity index (χ0n) is 10.00. The quantitative estimate of drug-likeness (QED) is 0.696. The summed E-state index contributed by atoms with van der Waals surface area (Å²) in [5.41, 5.74) is -0.305. The molecule has 0 saturated heterocycles. The Labute approximate surface area is 89.2 Å². The van der Waals surface area contributed by atoms with Crippen molar-refractivity contribution in [3.05, 3.63) is 32.6 Å². The molecular weight excluding hydrogens is 192 g/mol. The number of aromatic nitrogens is 2. The van der Waals surface area contributed by atoms with Gasteiger partial charge in [-0.15, -0.1) is 0 Å². The van der Waals surface area contributed by atoms with Gasteiger partial charge in [0, 0.05) is 23.8 Å². The molecule has 1 aromatic heterocycles. The number of hydrogen-bond donors (Lipinski definition) is 0. The van der Waals surface area contributed by atoms with E-state index in [2.05, 4.69) is 0 Å². The monoisotopic (exact) mass is 210 g/mol. The lowest BCUT2D eigenvalue weighted by molar-refractivity contribution is 0.353. The molecule has 0 bridgehead atoms. The summed E-state index contributed by atoms with van der Waals surface area (Å²) in [7, 11) is 0. The van der Waals surface area contributed by atoms with E-state index < -0.39 is 5.54 Å². The van der Waals surface area contributed by atoms with Gasteiger partial charge in [0.25, 0.3) is 5.56 Å². The molecule has 1 aromatic rings. The molecule has 0 aliphatic rings. The fraction of sp³-hybridized carbons (Fsp3) is 0.636. The summed E-state index contributed by atoms with van der Waals surface area (Å²) in [6.45, 7) is 9.77. The van der Waals surface area contributed by atoms with Crippen LogP contribution >= 0.6 is 0 Å². The average molecular weight is 210 g/mol. The van der Waals surface area contributed by atoms with E-state index in [0.29, 0.717) is 12.1 Å². The van der Waals surface area contributed by atoms with Crippen LogP contribution in [-0.2, 0) is 12.1 Å². The van der Waals surface area contributed by atoms with Gasteiger partial charge in [0.05, 0.1) is 0 Å². The van der Waals surface area contributed by atoms with E-state index in [4.69, 9.17) is 0 Å². The Morgan fingerprint density at radius 3 is 2.20 bits per heavy atom. The smallest absolute Gasteiger partial charge is 0.300 e. The number of aryl methyl sites for hydroxylation is 2. The van der Waals surface area contributed by atoms with Crippen LogP contribution in [0.15, 0.2) is 15.8 Å². The number of hydrogen-bond acceptors (Lipinski definition) is 2. The standard InChI is InChI=1S/C11H18N2O2/c1-6-12-7-8(2)9(14)13(10(12)15)11(3,4)5/h7H,6H2,1-5H3. The fourth-order valence-electron chi connectivity index (χ4n) is 1.55. The van der Waals surface area contributed by atoms with Crippen LogP contribution in [0.3, 0.4) is 0 Å². The van der Waals surface area contributed by atoms with Crippen molar-refractivity contribution >= 4 is 0 Å². The zero-order valence-corrected chi connectivity index (χ0v) is 10.00. The molecule has 0 aliphatic heterocycles. The van der Waals surface area contributed by atoms with Crippen LogP contribution in [0.2, 0.25) is 0 Å². The van der Waals surface area contributed by atoms with Gasteiger partial charge in [-0.3, -0.25) is 9.36 Å². The van der Waals surface area contributed by atoms with Crippen LogP contribution in [0.4, 0.5) is 0 Å². The molecule has 15 heavy (non-hydrogen) atoms. The molecule has 84 valence electrons. The summed E-state index contributed by atoms with van der Waals surface area (Å²) in [6, 6.07) is 0. The number of rotatable bonds is 1. The predicted octanol–water partition coefficient (Wildman–Crippen LogP) is 1.09. The molecule has 0 amide bonds. The van der Waals surface area contributed by atoms with E-state index in [1.165, 1.54) is 4.57 Å². The molecule has 0 aromatic carbocycles. The Balaban J connectivity index is 3.71. The first-order valence-corrected chi connectivity index (χ1v) is 5.12. The van der Waals surface area contributed by atoms with E-state index in [0.717, 1.165) is 0 Å². The van der Waals surface area contributed by atoms with E-state index in [1.807, 2.05) is 27.7 Å². The first-order valence-electron chi connectivity index (χ1n) is 5.12. The van der Waals surface area contributed by atoms with E-state index in [1.54, 1.807) is 17.7 Å². The van der Waals surface area contributed by atoms with E-state index >= 15 is 0 Å². The molecule has 0 radical (unpaired) electrons. The van der Waals surface area contributed by atoms with E-state index in [-0.39, 0.29) is 11.2 Å². The third-order valence-electron chi connectivity index (χ3n) is 2.34. The van der Waals surface area contributed by atoms with Crippen LogP contribution in [0.1, 0.15) is 33.3 Å². The Kier molecular flexibility index (Phi) is 2.88. The van der Waals surface area contributed by atoms with Gasteiger partial charge in [-0.1, -0.05) is 0 Å². The largest absolute Gasteiger partial charge is 0.331 e. The highest BCUT2D eigenvalue weighted by Crippen LogP contribution is 2.07. The van der Waals surface area contributed by atoms with Gasteiger partial charge in [-0.05, 0) is 34.6 Å². The lowest BCUT2D eigenvalue weighted by Gasteiger charge is -2.22. The average Bonchev–Trinajstić information content (AvgIpc) is 2.09. The second-order valence-electron chi connectivity index (χ2n) is 4.69. The topological polar surface area (TPSA) is 44.0 Å². The predicted molar refractivity (Wildman–Crippen MR) is 60.4 cm³/mol. The van der Waals surface area contributed by atoms with Gasteiger partial charge in [0.15, 0.2) is 0 Å². The molecule has 1 rings (SSSR count). The summed E-state index contributed by atoms with van der Waals surface area (Å²) in [6.07, 6.45) is 1.62. The highest BCUT2D eigenvalue weighted by molar-refractivity contribution is 5.04. The molecular formula is C11H18N2O2. The Morgan fingerprint density at radius 2 is 1.80 bits per heavy atom. The maximum atomic E-state index is 11.9. The van der Waals surface area contributed by atoms with Crippen LogP contribution in [0, 0.1) is 6.92 Å². The van der Waals surface area contributed by atoms with Crippen molar-refractivity contribution < 1.29 is 0 Å². The SMILES string of the molecule is CCn1cc(C)c(=O)n(C(C)(C)C)c1=O. The Bertz CT molecular complexity index is 475. The number of nitrogens with zero attached hydrogens (tertiary/aromatic N) is 2. The molecule has 0 atom stereocenters. The van der Waals surface area contributed by atoms with Crippen LogP contribution < -0.4 is 11.2 Å². The third kappa shape index (κ3) is 2.03. The van der Waals surface area contributed by atoms with Gasteiger partial charge in [-0.25, -0.2) is 4.79 Å². The molecule has 0 unspecified atom stereocenters. The summed E-state index contributed by atoms with van der Waals surface area (Å²) in [4.78, 5) is 23.8. The second kappa shape index (κ2) is 3.68.